The number of rotatable bonds is 5. The third-order valence-electron chi connectivity index (χ3n) is 5.22. The fourth-order valence-electron chi connectivity index (χ4n) is 3.72. The van der Waals surface area contributed by atoms with Gasteiger partial charge in [-0.3, -0.25) is 4.79 Å². The lowest BCUT2D eigenvalue weighted by Gasteiger charge is -2.17. The molecular formula is C20H24N4OS. The van der Waals surface area contributed by atoms with E-state index in [0.29, 0.717) is 12.3 Å². The number of hydrogen-bond acceptors (Lipinski definition) is 4. The van der Waals surface area contributed by atoms with Crippen LogP contribution in [0.2, 0.25) is 0 Å². The number of benzene rings is 1. The number of imidazole rings is 1. The number of carbonyl (C=O) groups is 1. The number of fused-ring (bicyclic) bond motifs is 1. The zero-order valence-corrected chi connectivity index (χ0v) is 16.1. The highest BCUT2D eigenvalue weighted by atomic mass is 32.1. The van der Waals surface area contributed by atoms with Gasteiger partial charge in [0.2, 0.25) is 5.91 Å². The van der Waals surface area contributed by atoms with Crippen LogP contribution in [-0.4, -0.2) is 38.4 Å². The molecule has 6 heteroatoms. The van der Waals surface area contributed by atoms with E-state index in [4.69, 9.17) is 0 Å². The van der Waals surface area contributed by atoms with Gasteiger partial charge < -0.3 is 9.47 Å². The van der Waals surface area contributed by atoms with Gasteiger partial charge in [-0.1, -0.05) is 12.1 Å². The lowest BCUT2D eigenvalue weighted by atomic mass is 10.1. The van der Waals surface area contributed by atoms with Gasteiger partial charge in [0.05, 0.1) is 15.2 Å². The molecule has 3 heterocycles. The number of nitrogens with zero attached hydrogens (tertiary/aromatic N) is 4. The average molecular weight is 369 g/mol. The Labute approximate surface area is 157 Å². The van der Waals surface area contributed by atoms with Crippen LogP contribution in [0.1, 0.15) is 29.4 Å². The van der Waals surface area contributed by atoms with Gasteiger partial charge in [-0.2, -0.15) is 0 Å². The molecule has 1 atom stereocenters. The van der Waals surface area contributed by atoms with Crippen molar-refractivity contribution in [1.29, 1.82) is 0 Å². The van der Waals surface area contributed by atoms with Crippen LogP contribution >= 0.6 is 11.3 Å². The summed E-state index contributed by atoms with van der Waals surface area (Å²) < 4.78 is 3.46. The topological polar surface area (TPSA) is 51.0 Å². The fraction of sp³-hybridized carbons (Fsp3) is 0.450. The second-order valence-corrected chi connectivity index (χ2v) is 8.24. The molecule has 0 N–H and O–H groups in total. The quantitative estimate of drug-likeness (QED) is 0.691. The predicted octanol–water partition coefficient (Wildman–Crippen LogP) is 3.59. The van der Waals surface area contributed by atoms with E-state index in [2.05, 4.69) is 27.5 Å². The van der Waals surface area contributed by atoms with Crippen LogP contribution in [0.3, 0.4) is 0 Å². The van der Waals surface area contributed by atoms with Crippen molar-refractivity contribution in [2.24, 2.45) is 5.92 Å². The number of likely N-dealkylation sites (tertiary alicyclic amines) is 1. The molecule has 0 saturated carbocycles. The van der Waals surface area contributed by atoms with Crippen molar-refractivity contribution in [2.75, 3.05) is 13.1 Å². The molecule has 4 rings (SSSR count). The van der Waals surface area contributed by atoms with Crippen molar-refractivity contribution in [1.82, 2.24) is 19.4 Å². The Morgan fingerprint density at radius 1 is 1.31 bits per heavy atom. The first-order chi connectivity index (χ1) is 12.6. The molecule has 5 nitrogen and oxygen atoms in total. The Morgan fingerprint density at radius 2 is 2.15 bits per heavy atom. The van der Waals surface area contributed by atoms with E-state index in [1.54, 1.807) is 11.3 Å². The standard InChI is InChI=1S/C20H24N4OS/c1-14-11-21-15(2)24(14)13-16-9-10-23(12-16)20(25)8-7-19-22-17-5-3-4-6-18(17)26-19/h3-6,11,16H,7-10,12-13H2,1-2H3. The monoisotopic (exact) mass is 368 g/mol. The molecule has 1 saturated heterocycles. The molecule has 1 aromatic carbocycles. The lowest BCUT2D eigenvalue weighted by Crippen LogP contribution is -2.29. The van der Waals surface area contributed by atoms with Crippen molar-refractivity contribution < 1.29 is 4.79 Å². The molecule has 1 aliphatic rings. The Bertz CT molecular complexity index is 876. The normalized spacial score (nSPS) is 17.3. The second-order valence-electron chi connectivity index (χ2n) is 7.13. The third kappa shape index (κ3) is 3.51. The molecule has 0 radical (unpaired) electrons. The first-order valence-corrected chi connectivity index (χ1v) is 10.0. The van der Waals surface area contributed by atoms with Crippen LogP contribution in [0.4, 0.5) is 0 Å². The van der Waals surface area contributed by atoms with E-state index in [-0.39, 0.29) is 5.91 Å². The first kappa shape index (κ1) is 17.2. The minimum absolute atomic E-state index is 0.255. The van der Waals surface area contributed by atoms with Crippen molar-refractivity contribution in [3.63, 3.8) is 0 Å². The van der Waals surface area contributed by atoms with Crippen molar-refractivity contribution >= 4 is 27.5 Å². The molecule has 1 unspecified atom stereocenters. The second kappa shape index (κ2) is 7.19. The number of aryl methyl sites for hydroxylation is 3. The maximum Gasteiger partial charge on any atom is 0.222 e. The van der Waals surface area contributed by atoms with E-state index < -0.39 is 0 Å². The molecule has 136 valence electrons. The number of para-hydroxylation sites is 1. The Balaban J connectivity index is 1.31. The van der Waals surface area contributed by atoms with Gasteiger partial charge in [-0.05, 0) is 38.3 Å². The Hall–Kier alpha value is -2.21. The summed E-state index contributed by atoms with van der Waals surface area (Å²) in [6.07, 6.45) is 4.28. The predicted molar refractivity (Wildman–Crippen MR) is 104 cm³/mol. The SMILES string of the molecule is Cc1cnc(C)n1CC1CCN(C(=O)CCc2nc3ccccc3s2)C1. The number of hydrogen-bond donors (Lipinski definition) is 0. The van der Waals surface area contributed by atoms with E-state index >= 15 is 0 Å². The molecule has 0 spiro atoms. The summed E-state index contributed by atoms with van der Waals surface area (Å²) in [7, 11) is 0. The summed E-state index contributed by atoms with van der Waals surface area (Å²) in [5, 5.41) is 1.06. The van der Waals surface area contributed by atoms with Crippen molar-refractivity contribution in [3.05, 3.63) is 47.0 Å². The summed E-state index contributed by atoms with van der Waals surface area (Å²) in [4.78, 5) is 23.6. The summed E-state index contributed by atoms with van der Waals surface area (Å²) in [6, 6.07) is 8.15. The molecule has 0 bridgehead atoms. The summed E-state index contributed by atoms with van der Waals surface area (Å²) >= 11 is 1.70. The summed E-state index contributed by atoms with van der Waals surface area (Å²) in [5.74, 6) is 1.84. The van der Waals surface area contributed by atoms with Gasteiger partial charge in [-0.25, -0.2) is 9.97 Å². The zero-order valence-electron chi connectivity index (χ0n) is 15.3. The van der Waals surface area contributed by atoms with E-state index in [1.807, 2.05) is 36.2 Å². The summed E-state index contributed by atoms with van der Waals surface area (Å²) in [6.45, 7) is 6.82. The van der Waals surface area contributed by atoms with Gasteiger partial charge in [0.25, 0.3) is 0 Å². The average Bonchev–Trinajstić information content (AvgIpc) is 3.34. The van der Waals surface area contributed by atoms with Crippen LogP contribution in [0, 0.1) is 19.8 Å². The lowest BCUT2D eigenvalue weighted by molar-refractivity contribution is -0.130. The minimum Gasteiger partial charge on any atom is -0.342 e. The molecule has 0 aliphatic carbocycles. The molecule has 1 fully saturated rings. The first-order valence-electron chi connectivity index (χ1n) is 9.21. The number of aromatic nitrogens is 3. The van der Waals surface area contributed by atoms with Gasteiger partial charge >= 0.3 is 0 Å². The summed E-state index contributed by atoms with van der Waals surface area (Å²) in [5.41, 5.74) is 2.23. The van der Waals surface area contributed by atoms with Gasteiger partial charge in [0.15, 0.2) is 0 Å². The fourth-order valence-corrected chi connectivity index (χ4v) is 4.69. The maximum atomic E-state index is 12.6. The zero-order chi connectivity index (χ0) is 18.1. The molecule has 1 aliphatic heterocycles. The van der Waals surface area contributed by atoms with Crippen LogP contribution in [0.25, 0.3) is 10.2 Å². The highest BCUT2D eigenvalue weighted by Gasteiger charge is 2.27. The number of amides is 1. The smallest absolute Gasteiger partial charge is 0.222 e. The molecule has 26 heavy (non-hydrogen) atoms. The van der Waals surface area contributed by atoms with Crippen LogP contribution < -0.4 is 0 Å². The van der Waals surface area contributed by atoms with Gasteiger partial charge in [0.1, 0.15) is 5.82 Å². The van der Waals surface area contributed by atoms with Crippen LogP contribution in [-0.2, 0) is 17.8 Å². The Kier molecular flexibility index (Phi) is 4.76. The maximum absolute atomic E-state index is 12.6. The number of thiazole rings is 1. The molecule has 2 aromatic heterocycles. The van der Waals surface area contributed by atoms with E-state index in [0.717, 1.165) is 48.8 Å². The van der Waals surface area contributed by atoms with Crippen molar-refractivity contribution in [2.45, 2.75) is 39.7 Å². The van der Waals surface area contributed by atoms with Crippen LogP contribution in [0.5, 0.6) is 0 Å². The van der Waals surface area contributed by atoms with E-state index in [1.165, 1.54) is 10.4 Å². The third-order valence-corrected chi connectivity index (χ3v) is 6.32. The minimum atomic E-state index is 0.255. The molecule has 1 amide bonds. The van der Waals surface area contributed by atoms with Gasteiger partial charge in [0, 0.05) is 44.4 Å². The molecular weight excluding hydrogens is 344 g/mol. The van der Waals surface area contributed by atoms with Crippen LogP contribution in [0.15, 0.2) is 30.5 Å². The highest BCUT2D eigenvalue weighted by Crippen LogP contribution is 2.24. The van der Waals surface area contributed by atoms with Gasteiger partial charge in [-0.15, -0.1) is 11.3 Å². The van der Waals surface area contributed by atoms with Crippen molar-refractivity contribution in [3.8, 4) is 0 Å². The Morgan fingerprint density at radius 3 is 2.92 bits per heavy atom. The van der Waals surface area contributed by atoms with E-state index in [9.17, 15) is 4.79 Å². The number of carbonyl (C=O) groups excluding carboxylic acids is 1. The highest BCUT2D eigenvalue weighted by molar-refractivity contribution is 7.18. The molecule has 3 aromatic rings. The largest absolute Gasteiger partial charge is 0.342 e.